The van der Waals surface area contributed by atoms with Crippen molar-refractivity contribution in [2.45, 2.75) is 39.2 Å². The highest BCUT2D eigenvalue weighted by Gasteiger charge is 2.16. The van der Waals surface area contributed by atoms with Gasteiger partial charge in [0.05, 0.1) is 12.2 Å². The SMILES string of the molecule is Cc1nc(CNC(=O)CCC2CCCNC2)sc1C(=O)O. The maximum atomic E-state index is 11.8. The number of piperidine rings is 1. The van der Waals surface area contributed by atoms with Gasteiger partial charge in [-0.15, -0.1) is 11.3 Å². The lowest BCUT2D eigenvalue weighted by molar-refractivity contribution is -0.121. The molecule has 1 aromatic rings. The van der Waals surface area contributed by atoms with Gasteiger partial charge in [0.2, 0.25) is 5.91 Å². The molecule has 0 saturated carbocycles. The number of carbonyl (C=O) groups excluding carboxylic acids is 1. The van der Waals surface area contributed by atoms with E-state index in [4.69, 9.17) is 5.11 Å². The summed E-state index contributed by atoms with van der Waals surface area (Å²) in [6.45, 7) is 4.06. The van der Waals surface area contributed by atoms with Crippen LogP contribution in [0.15, 0.2) is 0 Å². The molecule has 1 atom stereocenters. The number of nitrogens with zero attached hydrogens (tertiary/aromatic N) is 1. The third-order valence-corrected chi connectivity index (χ3v) is 4.80. The first-order valence-electron chi connectivity index (χ1n) is 7.23. The van der Waals surface area contributed by atoms with E-state index in [2.05, 4.69) is 15.6 Å². The van der Waals surface area contributed by atoms with Crippen molar-refractivity contribution in [1.29, 1.82) is 0 Å². The molecule has 7 heteroatoms. The zero-order chi connectivity index (χ0) is 15.2. The zero-order valence-corrected chi connectivity index (χ0v) is 13.0. The van der Waals surface area contributed by atoms with Crippen LogP contribution in [-0.4, -0.2) is 35.1 Å². The molecule has 2 heterocycles. The predicted octanol–water partition coefficient (Wildman–Crippen LogP) is 1.55. The second-order valence-corrected chi connectivity index (χ2v) is 6.44. The standard InChI is InChI=1S/C14H21N3O3S/c1-9-13(14(19)20)21-12(17-9)8-16-11(18)5-4-10-3-2-6-15-7-10/h10,15H,2-8H2,1H3,(H,16,18)(H,19,20). The molecule has 1 aliphatic heterocycles. The Bertz CT molecular complexity index is 510. The first kappa shape index (κ1) is 15.9. The molecule has 0 spiro atoms. The fraction of sp³-hybridized carbons (Fsp3) is 0.643. The van der Waals surface area contributed by atoms with E-state index in [1.54, 1.807) is 6.92 Å². The van der Waals surface area contributed by atoms with Crippen molar-refractivity contribution in [1.82, 2.24) is 15.6 Å². The van der Waals surface area contributed by atoms with Gasteiger partial charge in [0, 0.05) is 6.42 Å². The fourth-order valence-corrected chi connectivity index (χ4v) is 3.34. The lowest BCUT2D eigenvalue weighted by Crippen LogP contribution is -2.31. The number of thiazole rings is 1. The summed E-state index contributed by atoms with van der Waals surface area (Å²) in [6, 6.07) is 0. The van der Waals surface area contributed by atoms with Gasteiger partial charge in [0.1, 0.15) is 9.88 Å². The molecule has 0 radical (unpaired) electrons. The zero-order valence-electron chi connectivity index (χ0n) is 12.1. The normalized spacial score (nSPS) is 18.4. The van der Waals surface area contributed by atoms with E-state index < -0.39 is 5.97 Å². The maximum Gasteiger partial charge on any atom is 0.347 e. The van der Waals surface area contributed by atoms with E-state index in [9.17, 15) is 9.59 Å². The number of nitrogens with one attached hydrogen (secondary N) is 2. The molecule has 1 amide bonds. The van der Waals surface area contributed by atoms with Crippen LogP contribution in [-0.2, 0) is 11.3 Å². The highest BCUT2D eigenvalue weighted by molar-refractivity contribution is 7.13. The molecule has 6 nitrogen and oxygen atoms in total. The molecule has 1 unspecified atom stereocenters. The molecule has 0 aromatic carbocycles. The second-order valence-electron chi connectivity index (χ2n) is 5.36. The summed E-state index contributed by atoms with van der Waals surface area (Å²) in [5.41, 5.74) is 0.505. The monoisotopic (exact) mass is 311 g/mol. The van der Waals surface area contributed by atoms with E-state index in [1.165, 1.54) is 12.8 Å². The Hall–Kier alpha value is -1.47. The largest absolute Gasteiger partial charge is 0.477 e. The quantitative estimate of drug-likeness (QED) is 0.741. The van der Waals surface area contributed by atoms with Crippen LogP contribution in [0.25, 0.3) is 0 Å². The van der Waals surface area contributed by atoms with Crippen molar-refractivity contribution in [3.05, 3.63) is 15.6 Å². The summed E-state index contributed by atoms with van der Waals surface area (Å²) < 4.78 is 0. The molecule has 116 valence electrons. The average Bonchev–Trinajstić information content (AvgIpc) is 2.85. The summed E-state index contributed by atoms with van der Waals surface area (Å²) in [6.07, 6.45) is 3.79. The highest BCUT2D eigenvalue weighted by Crippen LogP contribution is 2.18. The van der Waals surface area contributed by atoms with Crippen molar-refractivity contribution in [2.24, 2.45) is 5.92 Å². The number of aromatic carboxylic acids is 1. The Balaban J connectivity index is 1.73. The maximum absolute atomic E-state index is 11.8. The van der Waals surface area contributed by atoms with Crippen LogP contribution in [0.5, 0.6) is 0 Å². The van der Waals surface area contributed by atoms with Gasteiger partial charge in [-0.3, -0.25) is 4.79 Å². The molecule has 0 bridgehead atoms. The molecule has 21 heavy (non-hydrogen) atoms. The first-order valence-corrected chi connectivity index (χ1v) is 8.05. The Labute approximate surface area is 128 Å². The number of hydrogen-bond donors (Lipinski definition) is 3. The Morgan fingerprint density at radius 1 is 1.52 bits per heavy atom. The van der Waals surface area contributed by atoms with Crippen molar-refractivity contribution < 1.29 is 14.7 Å². The first-order chi connectivity index (χ1) is 10.1. The van der Waals surface area contributed by atoms with Crippen LogP contribution in [0.1, 0.15) is 46.1 Å². The number of hydrogen-bond acceptors (Lipinski definition) is 5. The molecule has 3 N–H and O–H groups in total. The number of carbonyl (C=O) groups is 2. The van der Waals surface area contributed by atoms with Crippen LogP contribution < -0.4 is 10.6 Å². The average molecular weight is 311 g/mol. The molecule has 1 saturated heterocycles. The van der Waals surface area contributed by atoms with Gasteiger partial charge < -0.3 is 15.7 Å². The molecule has 1 aromatic heterocycles. The van der Waals surface area contributed by atoms with E-state index >= 15 is 0 Å². The number of amides is 1. The van der Waals surface area contributed by atoms with Gasteiger partial charge in [0.15, 0.2) is 0 Å². The van der Waals surface area contributed by atoms with Crippen LogP contribution in [0.2, 0.25) is 0 Å². The van der Waals surface area contributed by atoms with Crippen LogP contribution in [0, 0.1) is 12.8 Å². The van der Waals surface area contributed by atoms with Crippen molar-refractivity contribution in [2.75, 3.05) is 13.1 Å². The minimum absolute atomic E-state index is 0.00491. The fourth-order valence-electron chi connectivity index (χ4n) is 2.49. The van der Waals surface area contributed by atoms with Crippen molar-refractivity contribution >= 4 is 23.2 Å². The lowest BCUT2D eigenvalue weighted by Gasteiger charge is -2.22. The van der Waals surface area contributed by atoms with E-state index in [-0.39, 0.29) is 10.8 Å². The smallest absolute Gasteiger partial charge is 0.347 e. The number of rotatable bonds is 6. The van der Waals surface area contributed by atoms with Crippen molar-refractivity contribution in [3.63, 3.8) is 0 Å². The molecular weight excluding hydrogens is 290 g/mol. The minimum atomic E-state index is -0.965. The topological polar surface area (TPSA) is 91.3 Å². The number of carboxylic acid groups (broad SMARTS) is 1. The van der Waals surface area contributed by atoms with Gasteiger partial charge in [-0.05, 0) is 45.2 Å². The van der Waals surface area contributed by atoms with Crippen LogP contribution >= 0.6 is 11.3 Å². The Kier molecular flexibility index (Phi) is 5.69. The minimum Gasteiger partial charge on any atom is -0.477 e. The summed E-state index contributed by atoms with van der Waals surface area (Å²) >= 11 is 1.12. The van der Waals surface area contributed by atoms with Gasteiger partial charge in [0.25, 0.3) is 0 Å². The van der Waals surface area contributed by atoms with Gasteiger partial charge in [-0.25, -0.2) is 9.78 Å². The van der Waals surface area contributed by atoms with E-state index in [1.807, 2.05) is 0 Å². The summed E-state index contributed by atoms with van der Waals surface area (Å²) in [4.78, 5) is 27.2. The third-order valence-electron chi connectivity index (χ3n) is 3.65. The molecule has 1 fully saturated rings. The van der Waals surface area contributed by atoms with Gasteiger partial charge >= 0.3 is 5.97 Å². The number of aromatic nitrogens is 1. The van der Waals surface area contributed by atoms with Crippen molar-refractivity contribution in [3.8, 4) is 0 Å². The third kappa shape index (κ3) is 4.78. The predicted molar refractivity (Wildman–Crippen MR) is 80.5 cm³/mol. The van der Waals surface area contributed by atoms with E-state index in [0.29, 0.717) is 29.6 Å². The molecule has 0 aliphatic carbocycles. The molecular formula is C14H21N3O3S. The van der Waals surface area contributed by atoms with Gasteiger partial charge in [-0.2, -0.15) is 0 Å². The number of aryl methyl sites for hydroxylation is 1. The van der Waals surface area contributed by atoms with Crippen LogP contribution in [0.3, 0.4) is 0 Å². The van der Waals surface area contributed by atoms with Crippen LogP contribution in [0.4, 0.5) is 0 Å². The Morgan fingerprint density at radius 3 is 2.95 bits per heavy atom. The highest BCUT2D eigenvalue weighted by atomic mass is 32.1. The second kappa shape index (κ2) is 7.51. The molecule has 1 aliphatic rings. The number of carboxylic acids is 1. The van der Waals surface area contributed by atoms with E-state index in [0.717, 1.165) is 30.8 Å². The lowest BCUT2D eigenvalue weighted by atomic mass is 9.94. The summed E-state index contributed by atoms with van der Waals surface area (Å²) in [7, 11) is 0. The molecule has 2 rings (SSSR count). The summed E-state index contributed by atoms with van der Waals surface area (Å²) in [5.74, 6) is -0.372. The van der Waals surface area contributed by atoms with Gasteiger partial charge in [-0.1, -0.05) is 0 Å². The Morgan fingerprint density at radius 2 is 2.33 bits per heavy atom. The summed E-state index contributed by atoms with van der Waals surface area (Å²) in [5, 5.41) is 15.8.